The summed E-state index contributed by atoms with van der Waals surface area (Å²) in [7, 11) is 0. The lowest BCUT2D eigenvalue weighted by Crippen LogP contribution is -1.94. The fraction of sp³-hybridized carbons (Fsp3) is 0.450. The van der Waals surface area contributed by atoms with Crippen molar-refractivity contribution in [3.8, 4) is 0 Å². The van der Waals surface area contributed by atoms with Gasteiger partial charge in [-0.1, -0.05) is 24.1 Å². The standard InChI is InChI=1S/C20H27NO2/c22-16-3-1-2-4-17-23-20-7-5-6-18(10-11-20)8-9-19-12-14-21-15-13-19/h6-7,10-15,22H,1-5,8-9,16-17H2. The van der Waals surface area contributed by atoms with Crippen LogP contribution in [0.5, 0.6) is 0 Å². The third-order valence-electron chi connectivity index (χ3n) is 3.93. The summed E-state index contributed by atoms with van der Waals surface area (Å²) in [6.07, 6.45) is 19.5. The Bertz CT molecular complexity index is 532. The molecule has 1 aromatic rings. The van der Waals surface area contributed by atoms with Gasteiger partial charge in [-0.3, -0.25) is 4.98 Å². The predicted molar refractivity (Wildman–Crippen MR) is 94.0 cm³/mol. The van der Waals surface area contributed by atoms with E-state index in [1.54, 1.807) is 0 Å². The first-order valence-electron chi connectivity index (χ1n) is 8.58. The highest BCUT2D eigenvalue weighted by Gasteiger charge is 2.01. The van der Waals surface area contributed by atoms with Crippen LogP contribution in [-0.4, -0.2) is 23.3 Å². The van der Waals surface area contributed by atoms with Gasteiger partial charge in [0, 0.05) is 19.0 Å². The highest BCUT2D eigenvalue weighted by molar-refractivity contribution is 5.30. The van der Waals surface area contributed by atoms with Gasteiger partial charge >= 0.3 is 0 Å². The van der Waals surface area contributed by atoms with Crippen molar-refractivity contribution in [2.24, 2.45) is 0 Å². The molecule has 0 amide bonds. The zero-order valence-corrected chi connectivity index (χ0v) is 13.8. The van der Waals surface area contributed by atoms with Crippen molar-refractivity contribution in [1.29, 1.82) is 0 Å². The van der Waals surface area contributed by atoms with Crippen molar-refractivity contribution >= 4 is 0 Å². The summed E-state index contributed by atoms with van der Waals surface area (Å²) in [6.45, 7) is 1.05. The van der Waals surface area contributed by atoms with Crippen molar-refractivity contribution in [3.63, 3.8) is 0 Å². The number of aryl methyl sites for hydroxylation is 1. The minimum absolute atomic E-state index is 0.294. The summed E-state index contributed by atoms with van der Waals surface area (Å²) < 4.78 is 5.82. The fourth-order valence-corrected chi connectivity index (χ4v) is 2.54. The van der Waals surface area contributed by atoms with Crippen molar-refractivity contribution in [3.05, 3.63) is 65.7 Å². The first kappa shape index (κ1) is 17.5. The van der Waals surface area contributed by atoms with E-state index in [1.807, 2.05) is 12.4 Å². The summed E-state index contributed by atoms with van der Waals surface area (Å²) in [4.78, 5) is 4.05. The maximum Gasteiger partial charge on any atom is 0.115 e. The van der Waals surface area contributed by atoms with Crippen LogP contribution in [0.25, 0.3) is 0 Å². The van der Waals surface area contributed by atoms with Gasteiger partial charge in [-0.2, -0.15) is 0 Å². The lowest BCUT2D eigenvalue weighted by atomic mass is 10.0. The van der Waals surface area contributed by atoms with Crippen LogP contribution < -0.4 is 0 Å². The summed E-state index contributed by atoms with van der Waals surface area (Å²) >= 11 is 0. The predicted octanol–water partition coefficient (Wildman–Crippen LogP) is 4.35. The molecule has 23 heavy (non-hydrogen) atoms. The summed E-state index contributed by atoms with van der Waals surface area (Å²) in [6, 6.07) is 4.15. The van der Waals surface area contributed by atoms with Crippen LogP contribution in [0.2, 0.25) is 0 Å². The van der Waals surface area contributed by atoms with Crippen LogP contribution in [0, 0.1) is 0 Å². The molecule has 124 valence electrons. The van der Waals surface area contributed by atoms with Crippen LogP contribution in [0.15, 0.2) is 60.2 Å². The van der Waals surface area contributed by atoms with Crippen molar-refractivity contribution in [2.75, 3.05) is 13.2 Å². The molecule has 0 fully saturated rings. The molecule has 0 saturated carbocycles. The van der Waals surface area contributed by atoms with Gasteiger partial charge in [-0.05, 0) is 68.4 Å². The first-order valence-corrected chi connectivity index (χ1v) is 8.58. The lowest BCUT2D eigenvalue weighted by molar-refractivity contribution is 0.213. The van der Waals surface area contributed by atoms with Gasteiger partial charge in [0.15, 0.2) is 0 Å². The molecule has 0 aliphatic heterocycles. The van der Waals surface area contributed by atoms with E-state index in [4.69, 9.17) is 9.84 Å². The Kier molecular flexibility index (Phi) is 8.20. The normalized spacial score (nSPS) is 14.1. The third kappa shape index (κ3) is 7.29. The van der Waals surface area contributed by atoms with Gasteiger partial charge < -0.3 is 9.84 Å². The molecular weight excluding hydrogens is 286 g/mol. The van der Waals surface area contributed by atoms with E-state index in [2.05, 4.69) is 41.4 Å². The van der Waals surface area contributed by atoms with E-state index in [9.17, 15) is 0 Å². The van der Waals surface area contributed by atoms with Crippen LogP contribution >= 0.6 is 0 Å². The second-order valence-corrected chi connectivity index (χ2v) is 5.80. The number of aliphatic hydroxyl groups is 1. The minimum Gasteiger partial charge on any atom is -0.494 e. The number of rotatable bonds is 10. The number of pyridine rings is 1. The van der Waals surface area contributed by atoms with Gasteiger partial charge in [0.25, 0.3) is 0 Å². The molecular formula is C20H27NO2. The monoisotopic (exact) mass is 313 g/mol. The Hall–Kier alpha value is -1.87. The van der Waals surface area contributed by atoms with Gasteiger partial charge in [-0.25, -0.2) is 0 Å². The lowest BCUT2D eigenvalue weighted by Gasteiger charge is -2.06. The van der Waals surface area contributed by atoms with E-state index in [1.165, 1.54) is 11.1 Å². The van der Waals surface area contributed by atoms with Gasteiger partial charge in [0.05, 0.1) is 6.61 Å². The van der Waals surface area contributed by atoms with Crippen molar-refractivity contribution in [2.45, 2.75) is 44.9 Å². The molecule has 1 aliphatic rings. The van der Waals surface area contributed by atoms with E-state index < -0.39 is 0 Å². The quantitative estimate of drug-likeness (QED) is 0.653. The maximum absolute atomic E-state index is 8.74. The Morgan fingerprint density at radius 2 is 1.78 bits per heavy atom. The van der Waals surface area contributed by atoms with Gasteiger partial charge in [-0.15, -0.1) is 0 Å². The third-order valence-corrected chi connectivity index (χ3v) is 3.93. The molecule has 3 heteroatoms. The molecule has 0 aromatic carbocycles. The highest BCUT2D eigenvalue weighted by atomic mass is 16.5. The molecule has 0 spiro atoms. The molecule has 0 atom stereocenters. The number of ether oxygens (including phenoxy) is 1. The second-order valence-electron chi connectivity index (χ2n) is 5.80. The zero-order valence-electron chi connectivity index (χ0n) is 13.8. The van der Waals surface area contributed by atoms with E-state index in [0.29, 0.717) is 6.61 Å². The van der Waals surface area contributed by atoms with E-state index >= 15 is 0 Å². The number of hydrogen-bond donors (Lipinski definition) is 1. The summed E-state index contributed by atoms with van der Waals surface area (Å²) in [5.41, 5.74) is 2.69. The fourth-order valence-electron chi connectivity index (χ4n) is 2.54. The minimum atomic E-state index is 0.294. The average Bonchev–Trinajstić information content (AvgIpc) is 2.82. The molecule has 0 bridgehead atoms. The van der Waals surface area contributed by atoms with Crippen molar-refractivity contribution < 1.29 is 9.84 Å². The van der Waals surface area contributed by atoms with Crippen LogP contribution in [-0.2, 0) is 11.2 Å². The summed E-state index contributed by atoms with van der Waals surface area (Å²) in [5, 5.41) is 8.74. The Morgan fingerprint density at radius 1 is 0.957 bits per heavy atom. The largest absolute Gasteiger partial charge is 0.494 e. The molecule has 1 heterocycles. The van der Waals surface area contributed by atoms with Crippen LogP contribution in [0.4, 0.5) is 0 Å². The van der Waals surface area contributed by atoms with Crippen molar-refractivity contribution in [1.82, 2.24) is 4.98 Å². The van der Waals surface area contributed by atoms with Crippen LogP contribution in [0.3, 0.4) is 0 Å². The van der Waals surface area contributed by atoms with E-state index in [0.717, 1.165) is 57.3 Å². The molecule has 0 radical (unpaired) electrons. The first-order chi connectivity index (χ1) is 11.4. The Labute approximate surface area is 139 Å². The molecule has 0 saturated heterocycles. The zero-order chi connectivity index (χ0) is 16.2. The highest BCUT2D eigenvalue weighted by Crippen LogP contribution is 2.17. The maximum atomic E-state index is 8.74. The Balaban J connectivity index is 1.67. The molecule has 1 aliphatic carbocycles. The molecule has 0 unspecified atom stereocenters. The van der Waals surface area contributed by atoms with E-state index in [-0.39, 0.29) is 0 Å². The molecule has 1 aromatic heterocycles. The SMILES string of the molecule is OCCCCCCOC1=CCC=C(CCc2ccncc2)C=C1. The number of nitrogens with zero attached hydrogens (tertiary/aromatic N) is 1. The summed E-state index contributed by atoms with van der Waals surface area (Å²) in [5.74, 6) is 0.974. The van der Waals surface area contributed by atoms with Gasteiger partial charge in [0.2, 0.25) is 0 Å². The topological polar surface area (TPSA) is 42.4 Å². The average molecular weight is 313 g/mol. The second kappa shape index (κ2) is 10.8. The molecule has 1 N–H and O–H groups in total. The molecule has 2 rings (SSSR count). The molecule has 3 nitrogen and oxygen atoms in total. The number of aromatic nitrogens is 1. The number of allylic oxidation sites excluding steroid dienone is 5. The Morgan fingerprint density at radius 3 is 2.61 bits per heavy atom. The number of hydrogen-bond acceptors (Lipinski definition) is 3. The van der Waals surface area contributed by atoms with Crippen LogP contribution in [0.1, 0.15) is 44.1 Å². The van der Waals surface area contributed by atoms with Gasteiger partial charge in [0.1, 0.15) is 5.76 Å². The number of unbranched alkanes of at least 4 members (excludes halogenated alkanes) is 3. The smallest absolute Gasteiger partial charge is 0.115 e. The number of aliphatic hydroxyl groups excluding tert-OH is 1.